The third kappa shape index (κ3) is 4.94. The van der Waals surface area contributed by atoms with Crippen molar-refractivity contribution in [1.29, 1.82) is 0 Å². The van der Waals surface area contributed by atoms with Gasteiger partial charge in [0, 0.05) is 22.7 Å². The van der Waals surface area contributed by atoms with Crippen molar-refractivity contribution in [2.24, 2.45) is 10.7 Å². The first-order valence-corrected chi connectivity index (χ1v) is 9.60. The fourth-order valence-corrected chi connectivity index (χ4v) is 3.22. The quantitative estimate of drug-likeness (QED) is 0.417. The number of aryl methyl sites for hydroxylation is 1. The third-order valence-corrected chi connectivity index (χ3v) is 5.35. The van der Waals surface area contributed by atoms with Crippen molar-refractivity contribution in [3.8, 4) is 0 Å². The first-order chi connectivity index (χ1) is 13.8. The lowest BCUT2D eigenvalue weighted by molar-refractivity contribution is -0.0418. The number of amides is 1. The van der Waals surface area contributed by atoms with Crippen molar-refractivity contribution in [3.63, 3.8) is 0 Å². The van der Waals surface area contributed by atoms with Crippen molar-refractivity contribution in [2.45, 2.75) is 24.7 Å². The average Bonchev–Trinajstić information content (AvgIpc) is 3.01. The van der Waals surface area contributed by atoms with E-state index in [4.69, 9.17) is 22.1 Å². The molecule has 8 heteroatoms. The summed E-state index contributed by atoms with van der Waals surface area (Å²) in [4.78, 5) is 16.5. The highest BCUT2D eigenvalue weighted by Crippen LogP contribution is 2.25. The molecule has 3 atom stereocenters. The van der Waals surface area contributed by atoms with Crippen LogP contribution in [-0.4, -0.2) is 59.5 Å². The van der Waals surface area contributed by atoms with Gasteiger partial charge in [-0.15, -0.1) is 0 Å². The largest absolute Gasteiger partial charge is 0.387 e. The minimum atomic E-state index is -1.58. The van der Waals surface area contributed by atoms with E-state index in [9.17, 15) is 15.0 Å². The molecule has 0 saturated carbocycles. The Morgan fingerprint density at radius 3 is 2.72 bits per heavy atom. The summed E-state index contributed by atoms with van der Waals surface area (Å²) in [6, 6.07) is 14.1. The van der Waals surface area contributed by atoms with Gasteiger partial charge in [0.1, 0.15) is 23.6 Å². The molecule has 154 valence electrons. The van der Waals surface area contributed by atoms with Gasteiger partial charge in [-0.3, -0.25) is 9.79 Å². The number of amidine groups is 1. The Morgan fingerprint density at radius 1 is 1.31 bits per heavy atom. The maximum atomic E-state index is 12.3. The summed E-state index contributed by atoms with van der Waals surface area (Å²) in [7, 11) is 0. The van der Waals surface area contributed by atoms with Gasteiger partial charge in [0.2, 0.25) is 0 Å². The Hall–Kier alpha value is -2.45. The van der Waals surface area contributed by atoms with Crippen LogP contribution in [0.3, 0.4) is 0 Å². The number of carbonyl (C=O) groups excluding carboxylic acids is 1. The summed E-state index contributed by atoms with van der Waals surface area (Å²) in [5.41, 5.74) is 6.37. The van der Waals surface area contributed by atoms with Crippen molar-refractivity contribution < 1.29 is 19.7 Å². The van der Waals surface area contributed by atoms with E-state index in [-0.39, 0.29) is 31.4 Å². The number of nitrogens with zero attached hydrogens (tertiary/aromatic N) is 1. The molecule has 1 saturated heterocycles. The highest BCUT2D eigenvalue weighted by Gasteiger charge is 2.47. The normalized spacial score (nSPS) is 24.5. The highest BCUT2D eigenvalue weighted by atomic mass is 35.5. The number of hydrogen-bond donors (Lipinski definition) is 4. The lowest BCUT2D eigenvalue weighted by Crippen LogP contribution is -2.49. The molecule has 1 aliphatic heterocycles. The maximum Gasteiger partial charge on any atom is 0.251 e. The van der Waals surface area contributed by atoms with Crippen LogP contribution in [0.1, 0.15) is 21.5 Å². The zero-order valence-electron chi connectivity index (χ0n) is 16.0. The van der Waals surface area contributed by atoms with Crippen LogP contribution < -0.4 is 11.1 Å². The number of nitrogens with one attached hydrogen (secondary N) is 1. The van der Waals surface area contributed by atoms with E-state index in [1.807, 2.05) is 25.1 Å². The van der Waals surface area contributed by atoms with Crippen LogP contribution >= 0.6 is 11.6 Å². The molecule has 1 fully saturated rings. The predicted molar refractivity (Wildman–Crippen MR) is 111 cm³/mol. The molecule has 1 amide bonds. The lowest BCUT2D eigenvalue weighted by atomic mass is 9.96. The van der Waals surface area contributed by atoms with E-state index in [0.717, 1.165) is 11.1 Å². The Kier molecular flexibility index (Phi) is 6.54. The smallest absolute Gasteiger partial charge is 0.251 e. The van der Waals surface area contributed by atoms with E-state index < -0.39 is 17.8 Å². The standard InChI is InChI=1S/C21H24ClN3O4/c1-13-7-8-15(9-16(13)22)20(27)24-10-17-18(26)21(28,12-29-17)11-25-19(23)14-5-3-2-4-6-14/h2-9,17-18,26,28H,10-12H2,1H3,(H2,23,25)(H,24,27)/t17-,18-,21+/m1/s1. The second-order valence-electron chi connectivity index (χ2n) is 7.14. The molecule has 1 heterocycles. The number of nitrogens with two attached hydrogens (primary N) is 1. The van der Waals surface area contributed by atoms with Gasteiger partial charge in [-0.05, 0) is 24.6 Å². The minimum Gasteiger partial charge on any atom is -0.387 e. The number of aliphatic hydroxyl groups excluding tert-OH is 1. The fourth-order valence-electron chi connectivity index (χ4n) is 3.04. The number of rotatable bonds is 6. The molecule has 0 unspecified atom stereocenters. The topological polar surface area (TPSA) is 117 Å². The lowest BCUT2D eigenvalue weighted by Gasteiger charge is -2.24. The maximum absolute atomic E-state index is 12.3. The molecule has 5 N–H and O–H groups in total. The molecule has 1 aliphatic rings. The summed E-state index contributed by atoms with van der Waals surface area (Å²) >= 11 is 6.05. The number of aliphatic hydroxyl groups is 2. The van der Waals surface area contributed by atoms with E-state index in [0.29, 0.717) is 10.6 Å². The van der Waals surface area contributed by atoms with Crippen LogP contribution in [0.2, 0.25) is 5.02 Å². The van der Waals surface area contributed by atoms with Gasteiger partial charge in [-0.2, -0.15) is 0 Å². The number of aliphatic imine (C=N–C) groups is 1. The third-order valence-electron chi connectivity index (χ3n) is 4.94. The fraction of sp³-hybridized carbons (Fsp3) is 0.333. The molecule has 2 aromatic rings. The second-order valence-corrected chi connectivity index (χ2v) is 7.55. The van der Waals surface area contributed by atoms with Crippen LogP contribution in [0.4, 0.5) is 0 Å². The Morgan fingerprint density at radius 2 is 2.03 bits per heavy atom. The van der Waals surface area contributed by atoms with Gasteiger partial charge in [-0.25, -0.2) is 0 Å². The highest BCUT2D eigenvalue weighted by molar-refractivity contribution is 6.31. The molecule has 0 aromatic heterocycles. The summed E-state index contributed by atoms with van der Waals surface area (Å²) in [6.07, 6.45) is -1.99. The molecule has 0 spiro atoms. The van der Waals surface area contributed by atoms with E-state index in [1.54, 1.807) is 30.3 Å². The summed E-state index contributed by atoms with van der Waals surface area (Å²) < 4.78 is 5.50. The van der Waals surface area contributed by atoms with Crippen molar-refractivity contribution in [1.82, 2.24) is 5.32 Å². The van der Waals surface area contributed by atoms with Gasteiger partial charge in [0.05, 0.1) is 13.2 Å². The summed E-state index contributed by atoms with van der Waals surface area (Å²) in [5.74, 6) is -0.0799. The first-order valence-electron chi connectivity index (χ1n) is 9.22. The number of ether oxygens (including phenoxy) is 1. The SMILES string of the molecule is Cc1ccc(C(=O)NC[C@H]2OC[C@@](O)(CN=C(N)c3ccccc3)[C@@H]2O)cc1Cl. The molecule has 0 radical (unpaired) electrons. The Balaban J connectivity index is 1.58. The minimum absolute atomic E-state index is 0.0334. The molecular formula is C21H24ClN3O4. The molecular weight excluding hydrogens is 394 g/mol. The van der Waals surface area contributed by atoms with Gasteiger partial charge >= 0.3 is 0 Å². The molecule has 7 nitrogen and oxygen atoms in total. The summed E-state index contributed by atoms with van der Waals surface area (Å²) in [5, 5.41) is 24.4. The zero-order chi connectivity index (χ0) is 21.0. The second kappa shape index (κ2) is 8.92. The number of carbonyl (C=O) groups is 1. The van der Waals surface area contributed by atoms with Crippen molar-refractivity contribution in [3.05, 3.63) is 70.2 Å². The first kappa shape index (κ1) is 21.3. The molecule has 29 heavy (non-hydrogen) atoms. The number of hydrogen-bond acceptors (Lipinski definition) is 5. The molecule has 0 bridgehead atoms. The summed E-state index contributed by atoms with van der Waals surface area (Å²) in [6.45, 7) is 1.65. The van der Waals surface area contributed by atoms with Crippen molar-refractivity contribution >= 4 is 23.3 Å². The van der Waals surface area contributed by atoms with E-state index in [1.165, 1.54) is 0 Å². The van der Waals surface area contributed by atoms with Gasteiger partial charge in [-0.1, -0.05) is 48.0 Å². The number of halogens is 1. The van der Waals surface area contributed by atoms with Crippen LogP contribution in [0, 0.1) is 6.92 Å². The zero-order valence-corrected chi connectivity index (χ0v) is 16.8. The Bertz CT molecular complexity index is 906. The molecule has 2 aromatic carbocycles. The van der Waals surface area contributed by atoms with Crippen LogP contribution in [-0.2, 0) is 4.74 Å². The van der Waals surface area contributed by atoms with Gasteiger partial charge in [0.15, 0.2) is 0 Å². The van der Waals surface area contributed by atoms with E-state index >= 15 is 0 Å². The van der Waals surface area contributed by atoms with Gasteiger partial charge < -0.3 is 26.0 Å². The van der Waals surface area contributed by atoms with Crippen molar-refractivity contribution in [2.75, 3.05) is 19.7 Å². The van der Waals surface area contributed by atoms with Gasteiger partial charge in [0.25, 0.3) is 5.91 Å². The monoisotopic (exact) mass is 417 g/mol. The molecule has 3 rings (SSSR count). The van der Waals surface area contributed by atoms with Crippen LogP contribution in [0.15, 0.2) is 53.5 Å². The average molecular weight is 418 g/mol. The van der Waals surface area contributed by atoms with Crippen LogP contribution in [0.25, 0.3) is 0 Å². The Labute approximate surface area is 174 Å². The van der Waals surface area contributed by atoms with E-state index in [2.05, 4.69) is 10.3 Å². The molecule has 0 aliphatic carbocycles. The predicted octanol–water partition coefficient (Wildman–Crippen LogP) is 1.27. The van der Waals surface area contributed by atoms with Crippen LogP contribution in [0.5, 0.6) is 0 Å². The number of benzene rings is 2.